The van der Waals surface area contributed by atoms with E-state index in [4.69, 9.17) is 0 Å². The molecule has 2 aromatic rings. The fraction of sp³-hybridized carbons (Fsp3) is 0.261. The zero-order valence-electron chi connectivity index (χ0n) is 16.0. The number of fused-ring (bicyclic) bond motifs is 1. The lowest BCUT2D eigenvalue weighted by molar-refractivity contribution is -0.124. The molecule has 0 radical (unpaired) electrons. The number of aryl methyl sites for hydroxylation is 2. The first-order valence-electron chi connectivity index (χ1n) is 9.78. The summed E-state index contributed by atoms with van der Waals surface area (Å²) in [5.74, 6) is -0.411. The van der Waals surface area contributed by atoms with E-state index in [0.717, 1.165) is 35.7 Å². The van der Waals surface area contributed by atoms with Crippen LogP contribution in [0.3, 0.4) is 0 Å². The molecular formula is C23H22N2O3S. The molecule has 1 fully saturated rings. The van der Waals surface area contributed by atoms with Crippen LogP contribution in [0, 0.1) is 0 Å². The lowest BCUT2D eigenvalue weighted by atomic mass is 10.0. The summed E-state index contributed by atoms with van der Waals surface area (Å²) in [5.41, 5.74) is 4.61. The van der Waals surface area contributed by atoms with Crippen LogP contribution in [0.4, 0.5) is 4.79 Å². The SMILES string of the molecule is O=C(Cc1ccc2c(c1)CCC2)NCCN1C(=O)S/C(=C/c2ccccc2)C1=O. The summed E-state index contributed by atoms with van der Waals surface area (Å²) < 4.78 is 0. The predicted octanol–water partition coefficient (Wildman–Crippen LogP) is 3.57. The van der Waals surface area contributed by atoms with E-state index in [0.29, 0.717) is 11.3 Å². The van der Waals surface area contributed by atoms with Crippen LogP contribution in [0.25, 0.3) is 6.08 Å². The van der Waals surface area contributed by atoms with Crippen LogP contribution in [-0.4, -0.2) is 35.0 Å². The van der Waals surface area contributed by atoms with E-state index in [9.17, 15) is 14.4 Å². The molecule has 0 unspecified atom stereocenters. The van der Waals surface area contributed by atoms with Crippen LogP contribution < -0.4 is 5.32 Å². The number of hydrogen-bond acceptors (Lipinski definition) is 4. The Morgan fingerprint density at radius 3 is 2.69 bits per heavy atom. The molecule has 0 spiro atoms. The predicted molar refractivity (Wildman–Crippen MR) is 114 cm³/mol. The molecule has 148 valence electrons. The lowest BCUT2D eigenvalue weighted by Crippen LogP contribution is -2.37. The van der Waals surface area contributed by atoms with Gasteiger partial charge in [-0.05, 0) is 59.4 Å². The first kappa shape index (κ1) is 19.5. The van der Waals surface area contributed by atoms with Gasteiger partial charge in [0.1, 0.15) is 0 Å². The van der Waals surface area contributed by atoms with E-state index < -0.39 is 0 Å². The van der Waals surface area contributed by atoms with Crippen molar-refractivity contribution < 1.29 is 14.4 Å². The van der Waals surface area contributed by atoms with E-state index in [1.807, 2.05) is 36.4 Å². The molecule has 3 amide bonds. The molecule has 4 rings (SSSR count). The third-order valence-electron chi connectivity index (χ3n) is 5.16. The molecule has 0 aromatic heterocycles. The van der Waals surface area contributed by atoms with Crippen molar-refractivity contribution in [3.63, 3.8) is 0 Å². The Kier molecular flexibility index (Phi) is 5.81. The van der Waals surface area contributed by atoms with Gasteiger partial charge in [-0.1, -0.05) is 48.5 Å². The highest BCUT2D eigenvalue weighted by Crippen LogP contribution is 2.31. The summed E-state index contributed by atoms with van der Waals surface area (Å²) in [7, 11) is 0. The molecule has 29 heavy (non-hydrogen) atoms. The molecule has 6 heteroatoms. The Labute approximate surface area is 174 Å². The maximum absolute atomic E-state index is 12.5. The van der Waals surface area contributed by atoms with Gasteiger partial charge in [0.05, 0.1) is 11.3 Å². The number of imide groups is 1. The normalized spacial score (nSPS) is 17.1. The number of hydrogen-bond donors (Lipinski definition) is 1. The van der Waals surface area contributed by atoms with Crippen LogP contribution in [0.5, 0.6) is 0 Å². The van der Waals surface area contributed by atoms with Crippen molar-refractivity contribution in [1.82, 2.24) is 10.2 Å². The second-order valence-electron chi connectivity index (χ2n) is 7.23. The van der Waals surface area contributed by atoms with E-state index >= 15 is 0 Å². The number of amides is 3. The number of benzene rings is 2. The number of rotatable bonds is 6. The van der Waals surface area contributed by atoms with Gasteiger partial charge in [0.25, 0.3) is 11.1 Å². The van der Waals surface area contributed by atoms with Crippen LogP contribution in [0.2, 0.25) is 0 Å². The van der Waals surface area contributed by atoms with Crippen LogP contribution in [0.15, 0.2) is 53.4 Å². The molecule has 0 bridgehead atoms. The highest BCUT2D eigenvalue weighted by Gasteiger charge is 2.34. The highest BCUT2D eigenvalue weighted by molar-refractivity contribution is 8.18. The quantitative estimate of drug-likeness (QED) is 0.745. The van der Waals surface area contributed by atoms with E-state index in [2.05, 4.69) is 17.4 Å². The third-order valence-corrected chi connectivity index (χ3v) is 6.06. The zero-order valence-corrected chi connectivity index (χ0v) is 16.8. The summed E-state index contributed by atoms with van der Waals surface area (Å²) in [4.78, 5) is 38.5. The van der Waals surface area contributed by atoms with E-state index in [-0.39, 0.29) is 30.1 Å². The van der Waals surface area contributed by atoms with Crippen molar-refractivity contribution in [3.8, 4) is 0 Å². The molecule has 1 aliphatic carbocycles. The van der Waals surface area contributed by atoms with Crippen LogP contribution in [-0.2, 0) is 28.9 Å². The minimum atomic E-state index is -0.309. The molecule has 1 heterocycles. The lowest BCUT2D eigenvalue weighted by Gasteiger charge is -2.13. The number of nitrogens with one attached hydrogen (secondary N) is 1. The van der Waals surface area contributed by atoms with Gasteiger partial charge in [0.15, 0.2) is 0 Å². The molecule has 5 nitrogen and oxygen atoms in total. The maximum atomic E-state index is 12.5. The van der Waals surface area contributed by atoms with Gasteiger partial charge < -0.3 is 5.32 Å². The van der Waals surface area contributed by atoms with Crippen LogP contribution >= 0.6 is 11.8 Å². The molecule has 0 saturated carbocycles. The number of carbonyl (C=O) groups excluding carboxylic acids is 3. The topological polar surface area (TPSA) is 66.5 Å². The van der Waals surface area contributed by atoms with Crippen LogP contribution in [0.1, 0.15) is 28.7 Å². The summed E-state index contributed by atoms with van der Waals surface area (Å²) in [6.07, 6.45) is 5.42. The molecule has 0 atom stereocenters. The van der Waals surface area contributed by atoms with Gasteiger partial charge >= 0.3 is 0 Å². The second kappa shape index (κ2) is 8.66. The summed E-state index contributed by atoms with van der Waals surface area (Å²) in [5, 5.41) is 2.52. The van der Waals surface area contributed by atoms with E-state index in [1.165, 1.54) is 22.4 Å². The second-order valence-corrected chi connectivity index (χ2v) is 8.22. The monoisotopic (exact) mass is 406 g/mol. The molecular weight excluding hydrogens is 384 g/mol. The summed E-state index contributed by atoms with van der Waals surface area (Å²) in [6, 6.07) is 15.7. The first-order valence-corrected chi connectivity index (χ1v) is 10.6. The smallest absolute Gasteiger partial charge is 0.293 e. The molecule has 1 saturated heterocycles. The van der Waals surface area contributed by atoms with Crippen molar-refractivity contribution in [3.05, 3.63) is 75.7 Å². The zero-order chi connectivity index (χ0) is 20.2. The summed E-state index contributed by atoms with van der Waals surface area (Å²) in [6.45, 7) is 0.424. The Balaban J connectivity index is 1.29. The van der Waals surface area contributed by atoms with Gasteiger partial charge in [-0.3, -0.25) is 19.3 Å². The number of thioether (sulfide) groups is 1. The first-order chi connectivity index (χ1) is 14.1. The Morgan fingerprint density at radius 2 is 1.86 bits per heavy atom. The minimum Gasteiger partial charge on any atom is -0.354 e. The van der Waals surface area contributed by atoms with Crippen molar-refractivity contribution in [2.24, 2.45) is 0 Å². The fourth-order valence-electron chi connectivity index (χ4n) is 3.68. The molecule has 1 aliphatic heterocycles. The van der Waals surface area contributed by atoms with E-state index in [1.54, 1.807) is 6.08 Å². The van der Waals surface area contributed by atoms with Gasteiger partial charge in [-0.25, -0.2) is 0 Å². The largest absolute Gasteiger partial charge is 0.354 e. The standard InChI is InChI=1S/C23H22N2O3S/c26-21(15-17-9-10-18-7-4-8-19(18)13-17)24-11-12-25-22(27)20(29-23(25)28)14-16-5-2-1-3-6-16/h1-3,5-6,9-10,13-14H,4,7-8,11-12,15H2,(H,24,26)/b20-14+. The summed E-state index contributed by atoms with van der Waals surface area (Å²) >= 11 is 0.935. The molecule has 2 aliphatic rings. The maximum Gasteiger partial charge on any atom is 0.293 e. The third kappa shape index (κ3) is 4.59. The van der Waals surface area contributed by atoms with Gasteiger partial charge in [-0.2, -0.15) is 0 Å². The van der Waals surface area contributed by atoms with Gasteiger partial charge in [-0.15, -0.1) is 0 Å². The average molecular weight is 407 g/mol. The Bertz CT molecular complexity index is 985. The van der Waals surface area contributed by atoms with Crippen molar-refractivity contribution in [2.75, 3.05) is 13.1 Å². The molecule has 1 N–H and O–H groups in total. The van der Waals surface area contributed by atoms with Crippen molar-refractivity contribution in [1.29, 1.82) is 0 Å². The number of carbonyl (C=O) groups is 3. The minimum absolute atomic E-state index is 0.102. The Morgan fingerprint density at radius 1 is 1.07 bits per heavy atom. The fourth-order valence-corrected chi connectivity index (χ4v) is 4.55. The highest BCUT2D eigenvalue weighted by atomic mass is 32.2. The molecule has 2 aromatic carbocycles. The number of nitrogens with zero attached hydrogens (tertiary/aromatic N) is 1. The van der Waals surface area contributed by atoms with Gasteiger partial charge in [0, 0.05) is 13.1 Å². The van der Waals surface area contributed by atoms with Gasteiger partial charge in [0.2, 0.25) is 5.91 Å². The average Bonchev–Trinajstić information content (AvgIpc) is 3.28. The van der Waals surface area contributed by atoms with Crippen molar-refractivity contribution >= 4 is 34.9 Å². The Hall–Kier alpha value is -2.86. The van der Waals surface area contributed by atoms with Crippen molar-refractivity contribution in [2.45, 2.75) is 25.7 Å².